The standard InChI is InChI=1S/C36H19N/c1-19-28-17-30-26-10-5-9-25-24-8-3-2-6-21(24)14-32(36(25)26)29(30)15-23(28)16-33-31-13-20(18-37)12-22-7-4-11-27(34(19)33)35(22)31/h2-17H,1H3. The summed E-state index contributed by atoms with van der Waals surface area (Å²) in [5.74, 6) is 0. The van der Waals surface area contributed by atoms with Gasteiger partial charge in [-0.15, -0.1) is 0 Å². The van der Waals surface area contributed by atoms with E-state index in [9.17, 15) is 5.26 Å². The Balaban J connectivity index is 1.52. The quantitative estimate of drug-likeness (QED) is 0.204. The van der Waals surface area contributed by atoms with Crippen molar-refractivity contribution in [1.82, 2.24) is 0 Å². The molecule has 0 radical (unpaired) electrons. The summed E-state index contributed by atoms with van der Waals surface area (Å²) in [4.78, 5) is 0. The summed E-state index contributed by atoms with van der Waals surface area (Å²) in [6.45, 7) is 2.26. The van der Waals surface area contributed by atoms with Crippen LogP contribution in [0.15, 0.2) is 97.1 Å². The number of hydrogen-bond donors (Lipinski definition) is 0. The van der Waals surface area contributed by atoms with Crippen LogP contribution in [0.25, 0.3) is 86.2 Å². The molecule has 0 amide bonds. The first-order valence-corrected chi connectivity index (χ1v) is 12.8. The predicted octanol–water partition coefficient (Wildman–Crippen LogP) is 9.97. The van der Waals surface area contributed by atoms with Gasteiger partial charge in [0.2, 0.25) is 0 Å². The number of nitrogens with zero attached hydrogens (tertiary/aromatic N) is 1. The minimum absolute atomic E-state index is 0.716. The van der Waals surface area contributed by atoms with Crippen molar-refractivity contribution in [3.8, 4) is 6.07 Å². The summed E-state index contributed by atoms with van der Waals surface area (Å²) in [6.07, 6.45) is 0. The molecule has 0 aromatic heterocycles. The maximum Gasteiger partial charge on any atom is 0.0992 e. The van der Waals surface area contributed by atoms with Crippen molar-refractivity contribution in [2.45, 2.75) is 6.92 Å². The van der Waals surface area contributed by atoms with Crippen molar-refractivity contribution in [2.75, 3.05) is 0 Å². The molecule has 0 N–H and O–H groups in total. The average molecular weight is 466 g/mol. The first kappa shape index (κ1) is 19.3. The molecule has 1 heteroatoms. The van der Waals surface area contributed by atoms with E-state index in [0.29, 0.717) is 5.56 Å². The predicted molar refractivity (Wildman–Crippen MR) is 158 cm³/mol. The van der Waals surface area contributed by atoms with Crippen LogP contribution in [0.5, 0.6) is 0 Å². The lowest BCUT2D eigenvalue weighted by molar-refractivity contribution is 1.50. The third kappa shape index (κ3) is 2.25. The molecule has 0 heterocycles. The fourth-order valence-corrected chi connectivity index (χ4v) is 7.14. The Morgan fingerprint density at radius 3 is 1.95 bits per heavy atom. The van der Waals surface area contributed by atoms with Crippen LogP contribution in [0.3, 0.4) is 0 Å². The third-order valence-corrected chi connectivity index (χ3v) is 8.67. The number of rotatable bonds is 0. The molecule has 37 heavy (non-hydrogen) atoms. The van der Waals surface area contributed by atoms with E-state index < -0.39 is 0 Å². The van der Waals surface area contributed by atoms with E-state index in [1.165, 1.54) is 86.4 Å². The molecular formula is C36H19N. The van der Waals surface area contributed by atoms with Gasteiger partial charge in [-0.25, -0.2) is 0 Å². The smallest absolute Gasteiger partial charge is 0.0992 e. The second kappa shape index (κ2) is 6.44. The number of aryl methyl sites for hydroxylation is 1. The van der Waals surface area contributed by atoms with Gasteiger partial charge in [0.25, 0.3) is 0 Å². The summed E-state index contributed by atoms with van der Waals surface area (Å²) in [6, 6.07) is 37.9. The molecule has 9 aromatic rings. The van der Waals surface area contributed by atoms with Crippen molar-refractivity contribution in [3.63, 3.8) is 0 Å². The molecule has 0 unspecified atom stereocenters. The van der Waals surface area contributed by atoms with Crippen LogP contribution in [0.2, 0.25) is 0 Å². The Labute approximate surface area is 212 Å². The van der Waals surface area contributed by atoms with Crippen molar-refractivity contribution in [3.05, 3.63) is 108 Å². The van der Waals surface area contributed by atoms with E-state index in [1.807, 2.05) is 6.07 Å². The molecule has 0 atom stereocenters. The first-order valence-electron chi connectivity index (χ1n) is 12.8. The van der Waals surface area contributed by atoms with Gasteiger partial charge in [-0.3, -0.25) is 0 Å². The average Bonchev–Trinajstić information content (AvgIpc) is 3.42. The Morgan fingerprint density at radius 2 is 1.05 bits per heavy atom. The van der Waals surface area contributed by atoms with E-state index in [4.69, 9.17) is 0 Å². The van der Waals surface area contributed by atoms with Gasteiger partial charge >= 0.3 is 0 Å². The third-order valence-electron chi connectivity index (χ3n) is 8.67. The summed E-state index contributed by atoms with van der Waals surface area (Å²) in [5, 5.41) is 30.3. The van der Waals surface area contributed by atoms with Gasteiger partial charge < -0.3 is 0 Å². The van der Waals surface area contributed by atoms with E-state index in [0.717, 1.165) is 5.39 Å². The van der Waals surface area contributed by atoms with Gasteiger partial charge in [-0.2, -0.15) is 5.26 Å². The van der Waals surface area contributed by atoms with E-state index in [-0.39, 0.29) is 0 Å². The van der Waals surface area contributed by atoms with Gasteiger partial charge in [-0.1, -0.05) is 60.7 Å². The number of nitriles is 1. The molecule has 9 rings (SSSR count). The minimum Gasteiger partial charge on any atom is -0.192 e. The number of fused-ring (bicyclic) bond motifs is 9. The van der Waals surface area contributed by atoms with Crippen molar-refractivity contribution in [2.24, 2.45) is 0 Å². The minimum atomic E-state index is 0.716. The van der Waals surface area contributed by atoms with E-state index >= 15 is 0 Å². The van der Waals surface area contributed by atoms with Crippen LogP contribution in [0.1, 0.15) is 11.1 Å². The zero-order valence-corrected chi connectivity index (χ0v) is 20.2. The molecule has 0 fully saturated rings. The van der Waals surface area contributed by atoms with Crippen LogP contribution in [-0.2, 0) is 0 Å². The van der Waals surface area contributed by atoms with Crippen molar-refractivity contribution >= 4 is 86.2 Å². The van der Waals surface area contributed by atoms with Crippen LogP contribution < -0.4 is 0 Å². The van der Waals surface area contributed by atoms with Gasteiger partial charge in [0, 0.05) is 0 Å². The molecule has 0 bridgehead atoms. The van der Waals surface area contributed by atoms with E-state index in [1.54, 1.807) is 0 Å². The largest absolute Gasteiger partial charge is 0.192 e. The molecule has 0 spiro atoms. The summed E-state index contributed by atoms with van der Waals surface area (Å²) >= 11 is 0. The Kier molecular flexibility index (Phi) is 3.35. The Hall–Kier alpha value is -4.93. The summed E-state index contributed by atoms with van der Waals surface area (Å²) in [7, 11) is 0. The van der Waals surface area contributed by atoms with Crippen molar-refractivity contribution < 1.29 is 0 Å². The molecule has 1 nitrogen and oxygen atoms in total. The maximum atomic E-state index is 9.70. The summed E-state index contributed by atoms with van der Waals surface area (Å²) in [5.41, 5.74) is 2.03. The first-order chi connectivity index (χ1) is 18.2. The highest BCUT2D eigenvalue weighted by molar-refractivity contribution is 6.37. The molecule has 9 aromatic carbocycles. The van der Waals surface area contributed by atoms with Gasteiger partial charge in [0.1, 0.15) is 0 Å². The Morgan fingerprint density at radius 1 is 0.432 bits per heavy atom. The van der Waals surface area contributed by atoms with Gasteiger partial charge in [0.15, 0.2) is 0 Å². The molecule has 168 valence electrons. The lowest BCUT2D eigenvalue weighted by Crippen LogP contribution is -1.81. The topological polar surface area (TPSA) is 23.8 Å². The van der Waals surface area contributed by atoms with Crippen LogP contribution in [0, 0.1) is 18.3 Å². The molecule has 0 saturated heterocycles. The summed E-state index contributed by atoms with van der Waals surface area (Å²) < 4.78 is 0. The van der Waals surface area contributed by atoms with Gasteiger partial charge in [-0.05, 0) is 135 Å². The SMILES string of the molecule is Cc1c2cc3c(cc2cc2c4cc(C#N)cc5cccc(c12)c54)c1cc2ccccc2c2cccc3c21. The fraction of sp³-hybridized carbons (Fsp3) is 0.0278. The molecule has 0 aliphatic carbocycles. The van der Waals surface area contributed by atoms with Crippen molar-refractivity contribution in [1.29, 1.82) is 5.26 Å². The Bertz CT molecular complexity index is 2470. The highest BCUT2D eigenvalue weighted by atomic mass is 14.3. The zero-order valence-electron chi connectivity index (χ0n) is 20.2. The van der Waals surface area contributed by atoms with Crippen LogP contribution in [-0.4, -0.2) is 0 Å². The van der Waals surface area contributed by atoms with E-state index in [2.05, 4.69) is 104 Å². The second-order valence-corrected chi connectivity index (χ2v) is 10.5. The van der Waals surface area contributed by atoms with Crippen LogP contribution in [0.4, 0.5) is 0 Å². The molecule has 0 aliphatic rings. The zero-order chi connectivity index (χ0) is 24.4. The molecule has 0 saturated carbocycles. The van der Waals surface area contributed by atoms with Gasteiger partial charge in [0.05, 0.1) is 11.6 Å². The number of hydrogen-bond acceptors (Lipinski definition) is 1. The fourth-order valence-electron chi connectivity index (χ4n) is 7.14. The number of benzene rings is 7. The lowest BCUT2D eigenvalue weighted by Gasteiger charge is -2.07. The normalized spacial score (nSPS) is 12.4. The molecular weight excluding hydrogens is 446 g/mol. The molecule has 0 aliphatic heterocycles. The monoisotopic (exact) mass is 465 g/mol. The highest BCUT2D eigenvalue weighted by Gasteiger charge is 2.19. The highest BCUT2D eigenvalue weighted by Crippen LogP contribution is 2.46. The lowest BCUT2D eigenvalue weighted by atomic mass is 9.96. The van der Waals surface area contributed by atoms with Crippen LogP contribution >= 0.6 is 0 Å². The maximum absolute atomic E-state index is 9.70. The second-order valence-electron chi connectivity index (χ2n) is 10.5.